The molecule has 8 nitrogen and oxygen atoms in total. The molecule has 1 amide bonds. The number of nitrogens with one attached hydrogen (secondary N) is 1. The van der Waals surface area contributed by atoms with Crippen molar-refractivity contribution in [2.24, 2.45) is 0 Å². The van der Waals surface area contributed by atoms with Crippen LogP contribution in [-0.4, -0.2) is 35.3 Å². The van der Waals surface area contributed by atoms with Gasteiger partial charge in [-0.25, -0.2) is 27.9 Å². The highest BCUT2D eigenvalue weighted by Crippen LogP contribution is 2.40. The number of aromatic nitrogens is 6. The summed E-state index contributed by atoms with van der Waals surface area (Å²) in [6.07, 6.45) is 0.652. The Hall–Kier alpha value is -3.69. The first kappa shape index (κ1) is 18.3. The summed E-state index contributed by atoms with van der Waals surface area (Å²) >= 11 is 0. The van der Waals surface area contributed by atoms with Gasteiger partial charge in [0.2, 0.25) is 5.95 Å². The minimum absolute atomic E-state index is 0.0308. The third-order valence-electron chi connectivity index (χ3n) is 4.88. The molecule has 0 saturated heterocycles. The fourth-order valence-electron chi connectivity index (χ4n) is 3.24. The van der Waals surface area contributed by atoms with Crippen LogP contribution in [-0.2, 0) is 6.54 Å². The summed E-state index contributed by atoms with van der Waals surface area (Å²) in [4.78, 5) is 21.0. The molecule has 4 aromatic rings. The molecule has 0 radical (unpaired) electrons. The van der Waals surface area contributed by atoms with Gasteiger partial charge >= 0.3 is 0 Å². The van der Waals surface area contributed by atoms with Crippen LogP contribution >= 0.6 is 0 Å². The zero-order valence-corrected chi connectivity index (χ0v) is 15.7. The number of nitrogens with zero attached hydrogens (tertiary/aromatic N) is 6. The maximum Gasteiger partial charge on any atom is 0.280 e. The number of alkyl halides is 2. The lowest BCUT2D eigenvalue weighted by atomic mass is 10.2. The van der Waals surface area contributed by atoms with Crippen molar-refractivity contribution >= 4 is 17.5 Å². The number of hydrogen-bond acceptors (Lipinski definition) is 5. The third-order valence-corrected chi connectivity index (χ3v) is 4.88. The van der Waals surface area contributed by atoms with Crippen LogP contribution in [0.1, 0.15) is 52.6 Å². The van der Waals surface area contributed by atoms with Gasteiger partial charge < -0.3 is 0 Å². The summed E-state index contributed by atoms with van der Waals surface area (Å²) < 4.78 is 29.6. The number of rotatable bonds is 6. The fraction of sp³-hybridized carbons (Fsp3) is 0.250. The van der Waals surface area contributed by atoms with E-state index in [1.54, 1.807) is 4.68 Å². The second kappa shape index (κ2) is 7.29. The molecule has 1 aliphatic rings. The van der Waals surface area contributed by atoms with Gasteiger partial charge in [-0.1, -0.05) is 30.3 Å². The Kier molecular flexibility index (Phi) is 4.46. The molecule has 1 fully saturated rings. The van der Waals surface area contributed by atoms with E-state index in [1.807, 2.05) is 30.3 Å². The van der Waals surface area contributed by atoms with E-state index in [-0.39, 0.29) is 28.9 Å². The Balaban J connectivity index is 1.37. The van der Waals surface area contributed by atoms with Gasteiger partial charge in [0.05, 0.1) is 6.54 Å². The maximum absolute atomic E-state index is 13.5. The zero-order valence-electron chi connectivity index (χ0n) is 15.7. The van der Waals surface area contributed by atoms with Crippen molar-refractivity contribution < 1.29 is 13.6 Å². The lowest BCUT2D eigenvalue weighted by Gasteiger charge is -2.06. The van der Waals surface area contributed by atoms with Gasteiger partial charge in [0.1, 0.15) is 12.0 Å². The van der Waals surface area contributed by atoms with Crippen molar-refractivity contribution in [2.75, 3.05) is 5.32 Å². The summed E-state index contributed by atoms with van der Waals surface area (Å²) in [5.41, 5.74) is 1.58. The fourth-order valence-corrected chi connectivity index (χ4v) is 3.24. The lowest BCUT2D eigenvalue weighted by molar-refractivity contribution is 0.102. The van der Waals surface area contributed by atoms with Gasteiger partial charge in [-0.05, 0) is 24.5 Å². The molecule has 1 saturated carbocycles. The topological polar surface area (TPSA) is 90.0 Å². The second-order valence-corrected chi connectivity index (χ2v) is 7.19. The van der Waals surface area contributed by atoms with Crippen LogP contribution in [0.4, 0.5) is 14.7 Å². The Morgan fingerprint density at radius 1 is 1.17 bits per heavy atom. The highest BCUT2D eigenvalue weighted by atomic mass is 19.3. The molecule has 1 aliphatic carbocycles. The summed E-state index contributed by atoms with van der Waals surface area (Å²) in [5, 5.41) is 10.8. The van der Waals surface area contributed by atoms with Crippen LogP contribution in [0.3, 0.4) is 0 Å². The average molecular weight is 409 g/mol. The molecule has 1 aromatic carbocycles. The molecule has 3 aromatic heterocycles. The van der Waals surface area contributed by atoms with Gasteiger partial charge in [0.25, 0.3) is 12.3 Å². The van der Waals surface area contributed by atoms with Crippen LogP contribution in [0, 0.1) is 0 Å². The highest BCUT2D eigenvalue weighted by Gasteiger charge is 2.28. The third kappa shape index (κ3) is 3.63. The lowest BCUT2D eigenvalue weighted by Crippen LogP contribution is -2.14. The van der Waals surface area contributed by atoms with E-state index < -0.39 is 12.3 Å². The standard InChI is InChI=1S/C20H17F2N7O/c21-18(22)16-8-14(13-6-7-13)24-17-9-15(26-29(16)17)19(30)25-20-23-11-28(27-20)10-12-4-2-1-3-5-12/h1-5,8-9,11,13,18H,6-7,10H2,(H,25,27,30). The van der Waals surface area contributed by atoms with E-state index in [2.05, 4.69) is 25.5 Å². The first-order valence-corrected chi connectivity index (χ1v) is 9.50. The average Bonchev–Trinajstić information content (AvgIpc) is 3.35. The monoisotopic (exact) mass is 409 g/mol. The largest absolute Gasteiger partial charge is 0.288 e. The summed E-state index contributed by atoms with van der Waals surface area (Å²) in [6.45, 7) is 0.504. The van der Waals surface area contributed by atoms with Gasteiger partial charge in [-0.3, -0.25) is 10.1 Å². The van der Waals surface area contributed by atoms with Gasteiger partial charge in [0.15, 0.2) is 11.3 Å². The number of anilines is 1. The summed E-state index contributed by atoms with van der Waals surface area (Å²) in [7, 11) is 0. The zero-order chi connectivity index (χ0) is 20.7. The van der Waals surface area contributed by atoms with Crippen LogP contribution in [0.2, 0.25) is 0 Å². The number of carbonyl (C=O) groups is 1. The molecule has 1 N–H and O–H groups in total. The first-order valence-electron chi connectivity index (χ1n) is 9.50. The molecule has 0 spiro atoms. The van der Waals surface area contributed by atoms with Gasteiger partial charge in [-0.2, -0.15) is 5.10 Å². The Morgan fingerprint density at radius 2 is 1.97 bits per heavy atom. The van der Waals surface area contributed by atoms with Crippen LogP contribution in [0.25, 0.3) is 5.65 Å². The van der Waals surface area contributed by atoms with E-state index >= 15 is 0 Å². The molecule has 5 rings (SSSR count). The van der Waals surface area contributed by atoms with Crippen molar-refractivity contribution in [3.63, 3.8) is 0 Å². The molecular formula is C20H17F2N7O. The minimum atomic E-state index is -2.72. The van der Waals surface area contributed by atoms with Gasteiger partial charge in [-0.15, -0.1) is 5.10 Å². The quantitative estimate of drug-likeness (QED) is 0.527. The normalized spacial score (nSPS) is 13.8. The van der Waals surface area contributed by atoms with Crippen molar-refractivity contribution in [2.45, 2.75) is 31.7 Å². The van der Waals surface area contributed by atoms with Crippen LogP contribution in [0.15, 0.2) is 48.8 Å². The van der Waals surface area contributed by atoms with Crippen LogP contribution in [0.5, 0.6) is 0 Å². The van der Waals surface area contributed by atoms with E-state index in [0.717, 1.165) is 22.9 Å². The van der Waals surface area contributed by atoms with Gasteiger partial charge in [0, 0.05) is 17.7 Å². The van der Waals surface area contributed by atoms with Crippen molar-refractivity contribution in [1.29, 1.82) is 0 Å². The molecular weight excluding hydrogens is 392 g/mol. The SMILES string of the molecule is O=C(Nc1ncn(Cc2ccccc2)n1)c1cc2nc(C3CC3)cc(C(F)F)n2n1. The van der Waals surface area contributed by atoms with E-state index in [0.29, 0.717) is 12.2 Å². The molecule has 0 atom stereocenters. The summed E-state index contributed by atoms with van der Waals surface area (Å²) in [5.74, 6) is -0.280. The second-order valence-electron chi connectivity index (χ2n) is 7.19. The molecule has 30 heavy (non-hydrogen) atoms. The molecule has 152 valence electrons. The first-order chi connectivity index (χ1) is 14.6. The predicted octanol–water partition coefficient (Wildman–Crippen LogP) is 3.44. The van der Waals surface area contributed by atoms with E-state index in [1.165, 1.54) is 18.5 Å². The highest BCUT2D eigenvalue weighted by molar-refractivity contribution is 6.02. The molecule has 10 heteroatoms. The molecule has 0 aliphatic heterocycles. The summed E-state index contributed by atoms with van der Waals surface area (Å²) in [6, 6.07) is 12.5. The smallest absolute Gasteiger partial charge is 0.280 e. The minimum Gasteiger partial charge on any atom is -0.288 e. The van der Waals surface area contributed by atoms with Crippen LogP contribution < -0.4 is 5.32 Å². The Morgan fingerprint density at radius 3 is 2.70 bits per heavy atom. The Labute approximate surface area is 169 Å². The number of halogens is 2. The molecule has 0 bridgehead atoms. The number of hydrogen-bond donors (Lipinski definition) is 1. The predicted molar refractivity (Wildman–Crippen MR) is 103 cm³/mol. The van der Waals surface area contributed by atoms with E-state index in [4.69, 9.17) is 0 Å². The number of carbonyl (C=O) groups excluding carboxylic acids is 1. The van der Waals surface area contributed by atoms with Crippen molar-refractivity contribution in [1.82, 2.24) is 29.4 Å². The molecule has 0 unspecified atom stereocenters. The molecule has 3 heterocycles. The number of amides is 1. The maximum atomic E-state index is 13.5. The van der Waals surface area contributed by atoms with E-state index in [9.17, 15) is 13.6 Å². The number of benzene rings is 1. The van der Waals surface area contributed by atoms with Crippen molar-refractivity contribution in [3.05, 3.63) is 71.4 Å². The Bertz CT molecular complexity index is 1210. The number of fused-ring (bicyclic) bond motifs is 1. The van der Waals surface area contributed by atoms with Crippen molar-refractivity contribution in [3.8, 4) is 0 Å².